The Kier molecular flexibility index (Phi) is 4.99. The monoisotopic (exact) mass is 279 g/mol. The zero-order chi connectivity index (χ0) is 12.8. The molecule has 0 atom stereocenters. The highest BCUT2D eigenvalue weighted by molar-refractivity contribution is 7.99. The van der Waals surface area contributed by atoms with E-state index in [1.807, 2.05) is 12.1 Å². The van der Waals surface area contributed by atoms with Crippen LogP contribution in [0.2, 0.25) is 5.02 Å². The molecule has 1 aromatic carbocycles. The van der Waals surface area contributed by atoms with E-state index >= 15 is 0 Å². The predicted molar refractivity (Wildman–Crippen MR) is 75.0 cm³/mol. The number of nitrogens with zero attached hydrogens (tertiary/aromatic N) is 2. The van der Waals surface area contributed by atoms with E-state index in [1.165, 1.54) is 5.56 Å². The first-order valence-electron chi connectivity index (χ1n) is 5.73. The topological polar surface area (TPSA) is 37.8 Å². The average molecular weight is 280 g/mol. The van der Waals surface area contributed by atoms with Crippen LogP contribution >= 0.6 is 23.4 Å². The van der Waals surface area contributed by atoms with Crippen molar-refractivity contribution >= 4 is 23.4 Å². The summed E-state index contributed by atoms with van der Waals surface area (Å²) in [5.41, 5.74) is 1.18. The number of halogens is 1. The third-order valence-corrected chi connectivity index (χ3v) is 3.89. The summed E-state index contributed by atoms with van der Waals surface area (Å²) in [4.78, 5) is 9.36. The second-order valence-corrected chi connectivity index (χ2v) is 5.09. The molecule has 0 saturated carbocycles. The number of benzene rings is 1. The lowest BCUT2D eigenvalue weighted by Gasteiger charge is -2.10. The molecule has 0 saturated heterocycles. The number of nitrogens with one attached hydrogen (secondary N) is 1. The molecule has 3 nitrogen and oxygen atoms in total. The summed E-state index contributed by atoms with van der Waals surface area (Å²) in [6, 6.07) is 5.94. The lowest BCUT2D eigenvalue weighted by Crippen LogP contribution is -2.12. The highest BCUT2D eigenvalue weighted by atomic mass is 35.5. The van der Waals surface area contributed by atoms with Gasteiger partial charge in [-0.3, -0.25) is 4.98 Å². The Morgan fingerprint density at radius 3 is 2.94 bits per heavy atom. The van der Waals surface area contributed by atoms with Crippen molar-refractivity contribution in [3.8, 4) is 0 Å². The second kappa shape index (κ2) is 6.73. The van der Waals surface area contributed by atoms with E-state index in [2.05, 4.69) is 28.3 Å². The molecule has 1 aromatic heterocycles. The SMILES string of the molecule is CCNCc1cccc(Cl)c1Sc1cnccn1. The smallest absolute Gasteiger partial charge is 0.119 e. The van der Waals surface area contributed by atoms with Crippen LogP contribution in [0.5, 0.6) is 0 Å². The minimum absolute atomic E-state index is 0.751. The third kappa shape index (κ3) is 3.45. The molecule has 1 N–H and O–H groups in total. The van der Waals surface area contributed by atoms with Crippen LogP contribution in [0.3, 0.4) is 0 Å². The normalized spacial score (nSPS) is 10.6. The minimum atomic E-state index is 0.751. The van der Waals surface area contributed by atoms with Crippen LogP contribution < -0.4 is 5.32 Å². The van der Waals surface area contributed by atoms with Gasteiger partial charge < -0.3 is 5.32 Å². The maximum Gasteiger partial charge on any atom is 0.119 e. The Balaban J connectivity index is 2.25. The number of hydrogen-bond donors (Lipinski definition) is 1. The van der Waals surface area contributed by atoms with Crippen LogP contribution in [0.4, 0.5) is 0 Å². The molecule has 1 heterocycles. The molecule has 0 unspecified atom stereocenters. The fourth-order valence-corrected chi connectivity index (χ4v) is 2.69. The van der Waals surface area contributed by atoms with Gasteiger partial charge in [-0.25, -0.2) is 4.98 Å². The van der Waals surface area contributed by atoms with Gasteiger partial charge in [0.05, 0.1) is 11.2 Å². The zero-order valence-corrected chi connectivity index (χ0v) is 11.6. The maximum absolute atomic E-state index is 6.26. The lowest BCUT2D eigenvalue weighted by atomic mass is 10.2. The Morgan fingerprint density at radius 2 is 2.22 bits per heavy atom. The number of hydrogen-bond acceptors (Lipinski definition) is 4. The van der Waals surface area contributed by atoms with E-state index in [0.717, 1.165) is 28.0 Å². The van der Waals surface area contributed by atoms with Crippen LogP contribution in [0.15, 0.2) is 46.7 Å². The second-order valence-electron chi connectivity index (χ2n) is 3.65. The van der Waals surface area contributed by atoms with Crippen molar-refractivity contribution < 1.29 is 0 Å². The summed E-state index contributed by atoms with van der Waals surface area (Å²) in [6.45, 7) is 3.82. The molecular weight excluding hydrogens is 266 g/mol. The molecular formula is C13H14ClN3S. The zero-order valence-electron chi connectivity index (χ0n) is 10.1. The van der Waals surface area contributed by atoms with Gasteiger partial charge in [0.25, 0.3) is 0 Å². The molecule has 18 heavy (non-hydrogen) atoms. The van der Waals surface area contributed by atoms with E-state index < -0.39 is 0 Å². The molecule has 5 heteroatoms. The summed E-state index contributed by atoms with van der Waals surface area (Å²) < 4.78 is 0. The van der Waals surface area contributed by atoms with E-state index in [-0.39, 0.29) is 0 Å². The molecule has 94 valence electrons. The highest BCUT2D eigenvalue weighted by Gasteiger charge is 2.09. The van der Waals surface area contributed by atoms with Crippen LogP contribution in [-0.4, -0.2) is 16.5 Å². The molecule has 0 aliphatic carbocycles. The molecule has 0 bridgehead atoms. The quantitative estimate of drug-likeness (QED) is 0.910. The van der Waals surface area contributed by atoms with Gasteiger partial charge in [0.1, 0.15) is 5.03 Å². The van der Waals surface area contributed by atoms with E-state index in [4.69, 9.17) is 11.6 Å². The summed E-state index contributed by atoms with van der Waals surface area (Å²) in [6.07, 6.45) is 5.09. The molecule has 2 rings (SSSR count). The predicted octanol–water partition coefficient (Wildman–Crippen LogP) is 3.39. The molecule has 0 fully saturated rings. The van der Waals surface area contributed by atoms with E-state index in [9.17, 15) is 0 Å². The van der Waals surface area contributed by atoms with Gasteiger partial charge in [-0.05, 0) is 18.2 Å². The van der Waals surface area contributed by atoms with Gasteiger partial charge in [-0.1, -0.05) is 42.4 Å². The first-order chi connectivity index (χ1) is 8.81. The number of rotatable bonds is 5. The van der Waals surface area contributed by atoms with Crippen LogP contribution in [0.1, 0.15) is 12.5 Å². The van der Waals surface area contributed by atoms with Gasteiger partial charge in [-0.15, -0.1) is 0 Å². The molecule has 0 amide bonds. The van der Waals surface area contributed by atoms with Gasteiger partial charge in [0.2, 0.25) is 0 Å². The van der Waals surface area contributed by atoms with Gasteiger partial charge in [0, 0.05) is 23.8 Å². The van der Waals surface area contributed by atoms with Crippen molar-refractivity contribution in [2.75, 3.05) is 6.54 Å². The van der Waals surface area contributed by atoms with Crippen molar-refractivity contribution in [2.24, 2.45) is 0 Å². The van der Waals surface area contributed by atoms with Crippen LogP contribution in [0, 0.1) is 0 Å². The first-order valence-corrected chi connectivity index (χ1v) is 6.92. The highest BCUT2D eigenvalue weighted by Crippen LogP contribution is 2.34. The van der Waals surface area contributed by atoms with Gasteiger partial charge in [-0.2, -0.15) is 0 Å². The summed E-state index contributed by atoms with van der Waals surface area (Å²) in [5.74, 6) is 0. The molecule has 0 aliphatic rings. The van der Waals surface area contributed by atoms with Crippen LogP contribution in [0.25, 0.3) is 0 Å². The fraction of sp³-hybridized carbons (Fsp3) is 0.231. The maximum atomic E-state index is 6.26. The summed E-state index contributed by atoms with van der Waals surface area (Å²) in [7, 11) is 0. The van der Waals surface area contributed by atoms with Crippen molar-refractivity contribution in [3.63, 3.8) is 0 Å². The van der Waals surface area contributed by atoms with Crippen LogP contribution in [-0.2, 0) is 6.54 Å². The van der Waals surface area contributed by atoms with Gasteiger partial charge in [0.15, 0.2) is 0 Å². The molecule has 0 radical (unpaired) electrons. The Hall–Kier alpha value is -1.10. The Morgan fingerprint density at radius 1 is 1.33 bits per heavy atom. The number of aromatic nitrogens is 2. The standard InChI is InChI=1S/C13H14ClN3S/c1-2-15-8-10-4-3-5-11(14)13(10)18-12-9-16-6-7-17-12/h3-7,9,15H,2,8H2,1H3. The van der Waals surface area contributed by atoms with Crippen molar-refractivity contribution in [2.45, 2.75) is 23.4 Å². The van der Waals surface area contributed by atoms with E-state index in [0.29, 0.717) is 0 Å². The van der Waals surface area contributed by atoms with Gasteiger partial charge >= 0.3 is 0 Å². The fourth-order valence-electron chi connectivity index (χ4n) is 1.51. The minimum Gasteiger partial charge on any atom is -0.313 e. The largest absolute Gasteiger partial charge is 0.313 e. The summed E-state index contributed by atoms with van der Waals surface area (Å²) >= 11 is 7.81. The average Bonchev–Trinajstić information content (AvgIpc) is 2.41. The third-order valence-electron chi connectivity index (χ3n) is 2.36. The Bertz CT molecular complexity index is 505. The molecule has 0 aliphatic heterocycles. The molecule has 0 spiro atoms. The Labute approximate surface area is 116 Å². The summed E-state index contributed by atoms with van der Waals surface area (Å²) in [5, 5.41) is 4.91. The van der Waals surface area contributed by atoms with Crippen molar-refractivity contribution in [1.29, 1.82) is 0 Å². The first kappa shape index (κ1) is 13.3. The van der Waals surface area contributed by atoms with Crippen molar-refractivity contribution in [3.05, 3.63) is 47.4 Å². The lowest BCUT2D eigenvalue weighted by molar-refractivity contribution is 0.718. The van der Waals surface area contributed by atoms with E-state index in [1.54, 1.807) is 30.4 Å². The molecule has 2 aromatic rings. The van der Waals surface area contributed by atoms with Crippen molar-refractivity contribution in [1.82, 2.24) is 15.3 Å².